The molecule has 0 amide bonds. The summed E-state index contributed by atoms with van der Waals surface area (Å²) >= 11 is 0. The minimum atomic E-state index is 0.782. The van der Waals surface area contributed by atoms with Crippen LogP contribution in [0.2, 0.25) is 0 Å². The average Bonchev–Trinajstić information content (AvgIpc) is 2.85. The van der Waals surface area contributed by atoms with Crippen molar-refractivity contribution >= 4 is 11.5 Å². The van der Waals surface area contributed by atoms with Crippen molar-refractivity contribution in [2.24, 2.45) is 0 Å². The Bertz CT molecular complexity index is 672. The van der Waals surface area contributed by atoms with Crippen LogP contribution < -0.4 is 5.32 Å². The van der Waals surface area contributed by atoms with E-state index in [0.717, 1.165) is 18.0 Å². The van der Waals surface area contributed by atoms with Gasteiger partial charge in [-0.1, -0.05) is 24.3 Å². The molecule has 0 saturated heterocycles. The lowest BCUT2D eigenvalue weighted by atomic mass is 10.1. The van der Waals surface area contributed by atoms with Crippen LogP contribution in [0.3, 0.4) is 0 Å². The zero-order chi connectivity index (χ0) is 12.4. The maximum absolute atomic E-state index is 4.47. The largest absolute Gasteiger partial charge is 0.366 e. The highest BCUT2D eigenvalue weighted by Gasteiger charge is 2.00. The van der Waals surface area contributed by atoms with Gasteiger partial charge >= 0.3 is 0 Å². The van der Waals surface area contributed by atoms with Gasteiger partial charge in [0.1, 0.15) is 5.82 Å². The molecule has 0 radical (unpaired) electrons. The minimum absolute atomic E-state index is 0.782. The molecule has 0 atom stereocenters. The number of nitrogens with one attached hydrogen (secondary N) is 1. The molecule has 0 aliphatic heterocycles. The summed E-state index contributed by atoms with van der Waals surface area (Å²) in [7, 11) is 0. The van der Waals surface area contributed by atoms with E-state index in [-0.39, 0.29) is 0 Å². The summed E-state index contributed by atoms with van der Waals surface area (Å²) in [4.78, 5) is 4.47. The lowest BCUT2D eigenvalue weighted by Crippen LogP contribution is -2.03. The fraction of sp³-hybridized carbons (Fsp3) is 0.143. The fourth-order valence-corrected chi connectivity index (χ4v) is 1.91. The second-order valence-electron chi connectivity index (χ2n) is 4.23. The minimum Gasteiger partial charge on any atom is -0.366 e. The van der Waals surface area contributed by atoms with Gasteiger partial charge < -0.3 is 5.32 Å². The smallest absolute Gasteiger partial charge is 0.157 e. The highest BCUT2D eigenvalue weighted by Crippen LogP contribution is 2.11. The summed E-state index contributed by atoms with van der Waals surface area (Å²) in [5.41, 5.74) is 3.42. The van der Waals surface area contributed by atoms with Crippen LogP contribution in [0.1, 0.15) is 11.1 Å². The Kier molecular flexibility index (Phi) is 2.68. The van der Waals surface area contributed by atoms with Crippen molar-refractivity contribution in [3.8, 4) is 0 Å². The van der Waals surface area contributed by atoms with Crippen molar-refractivity contribution < 1.29 is 0 Å². The van der Waals surface area contributed by atoms with E-state index in [9.17, 15) is 0 Å². The second-order valence-corrected chi connectivity index (χ2v) is 4.23. The molecular weight excluding hydrogens is 224 g/mol. The third-order valence-electron chi connectivity index (χ3n) is 2.98. The Morgan fingerprint density at radius 1 is 1.17 bits per heavy atom. The molecule has 4 heteroatoms. The molecule has 0 bridgehead atoms. The highest BCUT2D eigenvalue weighted by molar-refractivity contribution is 5.46. The molecule has 2 heterocycles. The standard InChI is InChI=1S/C14H14N4/c1-11-4-2-3-5-12(11)10-15-13-7-9-18-14(17-13)6-8-16-18/h2-9H,10H2,1H3,(H,15,17). The monoisotopic (exact) mass is 238 g/mol. The summed E-state index contributed by atoms with van der Waals surface area (Å²) < 4.78 is 1.75. The van der Waals surface area contributed by atoms with Gasteiger partial charge in [0.25, 0.3) is 0 Å². The van der Waals surface area contributed by atoms with Gasteiger partial charge in [-0.15, -0.1) is 0 Å². The predicted octanol–water partition coefficient (Wildman–Crippen LogP) is 2.65. The van der Waals surface area contributed by atoms with Crippen molar-refractivity contribution in [2.75, 3.05) is 5.32 Å². The zero-order valence-corrected chi connectivity index (χ0v) is 10.2. The lowest BCUT2D eigenvalue weighted by Gasteiger charge is -2.08. The van der Waals surface area contributed by atoms with E-state index in [1.165, 1.54) is 11.1 Å². The van der Waals surface area contributed by atoms with Crippen LogP contribution in [-0.4, -0.2) is 14.6 Å². The number of hydrogen-bond acceptors (Lipinski definition) is 3. The van der Waals surface area contributed by atoms with Crippen molar-refractivity contribution in [3.05, 3.63) is 59.9 Å². The van der Waals surface area contributed by atoms with Crippen LogP contribution >= 0.6 is 0 Å². The molecule has 0 fully saturated rings. The van der Waals surface area contributed by atoms with Gasteiger partial charge in [-0.25, -0.2) is 9.50 Å². The Labute approximate surface area is 105 Å². The van der Waals surface area contributed by atoms with Gasteiger partial charge in [-0.3, -0.25) is 0 Å². The summed E-state index contributed by atoms with van der Waals surface area (Å²) in [5.74, 6) is 0.867. The van der Waals surface area contributed by atoms with Crippen molar-refractivity contribution in [2.45, 2.75) is 13.5 Å². The van der Waals surface area contributed by atoms with E-state index in [1.807, 2.05) is 18.3 Å². The van der Waals surface area contributed by atoms with Crippen molar-refractivity contribution in [1.82, 2.24) is 14.6 Å². The zero-order valence-electron chi connectivity index (χ0n) is 10.2. The van der Waals surface area contributed by atoms with Gasteiger partial charge in [0.05, 0.1) is 6.20 Å². The number of fused-ring (bicyclic) bond motifs is 1. The summed E-state index contributed by atoms with van der Waals surface area (Å²) in [5, 5.41) is 7.45. The number of aryl methyl sites for hydroxylation is 1. The van der Waals surface area contributed by atoms with Crippen LogP contribution in [-0.2, 0) is 6.54 Å². The van der Waals surface area contributed by atoms with E-state index in [0.29, 0.717) is 0 Å². The molecule has 0 saturated carbocycles. The first-order valence-corrected chi connectivity index (χ1v) is 5.92. The number of nitrogens with zero attached hydrogens (tertiary/aromatic N) is 3. The summed E-state index contributed by atoms with van der Waals surface area (Å²) in [6.07, 6.45) is 3.65. The summed E-state index contributed by atoms with van der Waals surface area (Å²) in [6.45, 7) is 2.90. The van der Waals surface area contributed by atoms with E-state index >= 15 is 0 Å². The molecule has 0 unspecified atom stereocenters. The van der Waals surface area contributed by atoms with Crippen LogP contribution in [0.5, 0.6) is 0 Å². The number of aromatic nitrogens is 3. The third-order valence-corrected chi connectivity index (χ3v) is 2.98. The SMILES string of the molecule is Cc1ccccc1CNc1ccn2nccc2n1. The van der Waals surface area contributed by atoms with Gasteiger partial charge in [0.2, 0.25) is 0 Å². The quantitative estimate of drug-likeness (QED) is 0.762. The molecular formula is C14H14N4. The molecule has 2 aromatic heterocycles. The molecule has 1 N–H and O–H groups in total. The normalized spacial score (nSPS) is 10.7. The Morgan fingerprint density at radius 3 is 2.94 bits per heavy atom. The number of rotatable bonds is 3. The number of anilines is 1. The summed E-state index contributed by atoms with van der Waals surface area (Å²) in [6, 6.07) is 12.2. The second kappa shape index (κ2) is 4.49. The molecule has 4 nitrogen and oxygen atoms in total. The predicted molar refractivity (Wildman–Crippen MR) is 71.5 cm³/mol. The van der Waals surface area contributed by atoms with Crippen LogP contribution in [0.25, 0.3) is 5.65 Å². The van der Waals surface area contributed by atoms with Gasteiger partial charge in [0.15, 0.2) is 5.65 Å². The van der Waals surface area contributed by atoms with Gasteiger partial charge in [-0.05, 0) is 24.1 Å². The molecule has 0 spiro atoms. The van der Waals surface area contributed by atoms with Crippen molar-refractivity contribution in [1.29, 1.82) is 0 Å². The maximum Gasteiger partial charge on any atom is 0.157 e. The van der Waals surface area contributed by atoms with E-state index in [2.05, 4.69) is 46.6 Å². The topological polar surface area (TPSA) is 42.2 Å². The molecule has 3 aromatic rings. The van der Waals surface area contributed by atoms with Gasteiger partial charge in [-0.2, -0.15) is 5.10 Å². The Hall–Kier alpha value is -2.36. The maximum atomic E-state index is 4.47. The molecule has 18 heavy (non-hydrogen) atoms. The van der Waals surface area contributed by atoms with Crippen LogP contribution in [0, 0.1) is 6.92 Å². The van der Waals surface area contributed by atoms with Gasteiger partial charge in [0, 0.05) is 18.8 Å². The fourth-order valence-electron chi connectivity index (χ4n) is 1.91. The third kappa shape index (κ3) is 2.05. The average molecular weight is 238 g/mol. The van der Waals surface area contributed by atoms with Crippen LogP contribution in [0.4, 0.5) is 5.82 Å². The Balaban J connectivity index is 1.78. The molecule has 0 aliphatic rings. The first kappa shape index (κ1) is 10.8. The first-order chi connectivity index (χ1) is 8.83. The number of benzene rings is 1. The highest BCUT2D eigenvalue weighted by atomic mass is 15.2. The molecule has 1 aromatic carbocycles. The molecule has 90 valence electrons. The van der Waals surface area contributed by atoms with E-state index in [1.54, 1.807) is 10.7 Å². The first-order valence-electron chi connectivity index (χ1n) is 5.92. The van der Waals surface area contributed by atoms with Crippen molar-refractivity contribution in [3.63, 3.8) is 0 Å². The number of hydrogen-bond donors (Lipinski definition) is 1. The van der Waals surface area contributed by atoms with Crippen LogP contribution in [0.15, 0.2) is 48.8 Å². The van der Waals surface area contributed by atoms with E-state index < -0.39 is 0 Å². The lowest BCUT2D eigenvalue weighted by molar-refractivity contribution is 0.936. The molecule has 0 aliphatic carbocycles. The Morgan fingerprint density at radius 2 is 2.06 bits per heavy atom. The molecule has 3 rings (SSSR count). The van der Waals surface area contributed by atoms with E-state index in [4.69, 9.17) is 0 Å².